The summed E-state index contributed by atoms with van der Waals surface area (Å²) in [5.74, 6) is -1.70. The van der Waals surface area contributed by atoms with Crippen molar-refractivity contribution in [1.29, 1.82) is 0 Å². The number of rotatable bonds is 7. The minimum atomic E-state index is -0.682. The van der Waals surface area contributed by atoms with Crippen molar-refractivity contribution in [2.45, 2.75) is 45.6 Å². The number of allylic oxidation sites excluding steroid dienone is 1. The molecule has 10 heteroatoms. The lowest BCUT2D eigenvalue weighted by molar-refractivity contribution is -0.151. The molecule has 1 fully saturated rings. The third-order valence-corrected chi connectivity index (χ3v) is 7.41. The molecule has 0 unspecified atom stereocenters. The van der Waals surface area contributed by atoms with E-state index in [0.29, 0.717) is 60.2 Å². The number of ether oxygens (including phenoxy) is 2. The highest BCUT2D eigenvalue weighted by Gasteiger charge is 2.42. The summed E-state index contributed by atoms with van der Waals surface area (Å²) >= 11 is 1.37. The van der Waals surface area contributed by atoms with Gasteiger partial charge in [-0.3, -0.25) is 9.59 Å². The maximum atomic E-state index is 14.3. The number of piperidine rings is 1. The zero-order valence-corrected chi connectivity index (χ0v) is 21.5. The van der Waals surface area contributed by atoms with E-state index in [1.807, 2.05) is 17.2 Å². The number of amides is 1. The van der Waals surface area contributed by atoms with Crippen molar-refractivity contribution in [2.24, 2.45) is 10.9 Å². The Kier molecular flexibility index (Phi) is 8.13. The molecule has 0 radical (unpaired) electrons. The number of hydrogen-bond donors (Lipinski definition) is 0. The quantitative estimate of drug-likeness (QED) is 0.504. The van der Waals surface area contributed by atoms with Crippen LogP contribution in [-0.4, -0.2) is 59.6 Å². The highest BCUT2D eigenvalue weighted by molar-refractivity contribution is 8.16. The first-order chi connectivity index (χ1) is 17.4. The van der Waals surface area contributed by atoms with Gasteiger partial charge in [-0.15, -0.1) is 0 Å². The van der Waals surface area contributed by atoms with Gasteiger partial charge >= 0.3 is 11.9 Å². The number of thioether (sulfide) groups is 1. The normalized spacial score (nSPS) is 21.6. The fraction of sp³-hybridized carbons (Fsp3) is 0.462. The van der Waals surface area contributed by atoms with E-state index in [9.17, 15) is 18.8 Å². The summed E-state index contributed by atoms with van der Waals surface area (Å²) in [5.41, 5.74) is 2.13. The molecule has 0 N–H and O–H groups in total. The number of fused-ring (bicyclic) bond motifs is 1. The summed E-state index contributed by atoms with van der Waals surface area (Å²) < 4.78 is 24.5. The Balaban J connectivity index is 1.62. The van der Waals surface area contributed by atoms with Gasteiger partial charge in [0.15, 0.2) is 5.17 Å². The van der Waals surface area contributed by atoms with Gasteiger partial charge in [0.05, 0.1) is 43.4 Å². The van der Waals surface area contributed by atoms with E-state index in [-0.39, 0.29) is 24.2 Å². The number of nitrogens with zero attached hydrogens (tertiary/aromatic N) is 3. The molecule has 36 heavy (non-hydrogen) atoms. The third-order valence-electron chi connectivity index (χ3n) is 6.52. The Morgan fingerprint density at radius 3 is 2.75 bits per heavy atom. The van der Waals surface area contributed by atoms with Crippen molar-refractivity contribution in [1.82, 2.24) is 9.80 Å². The molecule has 192 valence electrons. The second kappa shape index (κ2) is 11.3. The molecule has 0 aliphatic carbocycles. The third kappa shape index (κ3) is 5.18. The number of carbonyl (C=O) groups is 3. The van der Waals surface area contributed by atoms with E-state index in [1.165, 1.54) is 31.0 Å². The van der Waals surface area contributed by atoms with Crippen LogP contribution in [0.1, 0.15) is 51.1 Å². The summed E-state index contributed by atoms with van der Waals surface area (Å²) in [6, 6.07) is 5.40. The molecule has 0 saturated carbocycles. The number of hydrogen-bond acceptors (Lipinski definition) is 8. The van der Waals surface area contributed by atoms with Gasteiger partial charge in [-0.1, -0.05) is 30.8 Å². The van der Waals surface area contributed by atoms with E-state index in [1.54, 1.807) is 24.0 Å². The molecule has 8 nitrogen and oxygen atoms in total. The predicted octanol–water partition coefficient (Wildman–Crippen LogP) is 4.16. The summed E-state index contributed by atoms with van der Waals surface area (Å²) in [6.45, 7) is 4.86. The smallest absolute Gasteiger partial charge is 0.338 e. The zero-order valence-electron chi connectivity index (χ0n) is 20.7. The lowest BCUT2D eigenvalue weighted by Gasteiger charge is -2.37. The number of esters is 2. The standard InChI is InChI=1S/C26H30FN3O5S/c1-4-20-22(25(33)34-3)23(16-8-6-10-18(27)12-16)30-19(15-36-26(30)28-20)13-21(31)29-11-7-9-17(14-29)24(32)35-5-2/h6,8,10,12,15,17,23H,4-5,7,9,11,13-14H2,1-3H3/t17-,23-/m0/s1. The molecule has 2 atom stereocenters. The Labute approximate surface area is 214 Å². The molecule has 0 spiro atoms. The van der Waals surface area contributed by atoms with Crippen LogP contribution in [0.25, 0.3) is 0 Å². The second-order valence-corrected chi connectivity index (χ2v) is 9.60. The molecule has 1 amide bonds. The summed E-state index contributed by atoms with van der Waals surface area (Å²) in [6.07, 6.45) is 1.97. The molecule has 1 aromatic rings. The average molecular weight is 516 g/mol. The fourth-order valence-corrected chi connectivity index (χ4v) is 5.76. The Morgan fingerprint density at radius 2 is 2.06 bits per heavy atom. The van der Waals surface area contributed by atoms with Crippen molar-refractivity contribution < 1.29 is 28.2 Å². The number of likely N-dealkylation sites (tertiary alicyclic amines) is 1. The minimum Gasteiger partial charge on any atom is -0.466 e. The van der Waals surface area contributed by atoms with Crippen LogP contribution < -0.4 is 0 Å². The zero-order chi connectivity index (χ0) is 25.8. The topological polar surface area (TPSA) is 88.5 Å². The lowest BCUT2D eigenvalue weighted by Crippen LogP contribution is -2.44. The molecule has 3 aliphatic heterocycles. The number of carbonyl (C=O) groups excluding carboxylic acids is 3. The molecule has 4 rings (SSSR count). The van der Waals surface area contributed by atoms with Crippen LogP contribution in [0.2, 0.25) is 0 Å². The first kappa shape index (κ1) is 25.9. The van der Waals surface area contributed by atoms with Crippen LogP contribution in [0.3, 0.4) is 0 Å². The average Bonchev–Trinajstić information content (AvgIpc) is 3.29. The lowest BCUT2D eigenvalue weighted by atomic mass is 9.92. The molecule has 0 bridgehead atoms. The van der Waals surface area contributed by atoms with Gasteiger partial charge in [-0.25, -0.2) is 14.2 Å². The molecular formula is C26H30FN3O5S. The number of halogens is 1. The monoisotopic (exact) mass is 515 g/mol. The molecule has 3 heterocycles. The minimum absolute atomic E-state index is 0.0588. The van der Waals surface area contributed by atoms with Gasteiger partial charge in [-0.2, -0.15) is 0 Å². The van der Waals surface area contributed by atoms with Gasteiger partial charge in [0.25, 0.3) is 0 Å². The van der Waals surface area contributed by atoms with Gasteiger partial charge in [0.2, 0.25) is 5.91 Å². The predicted molar refractivity (Wildman–Crippen MR) is 134 cm³/mol. The fourth-order valence-electron chi connectivity index (χ4n) is 4.83. The van der Waals surface area contributed by atoms with Gasteiger partial charge in [0.1, 0.15) is 5.82 Å². The van der Waals surface area contributed by atoms with Crippen LogP contribution in [0.15, 0.2) is 51.6 Å². The van der Waals surface area contributed by atoms with Crippen LogP contribution in [0.4, 0.5) is 4.39 Å². The van der Waals surface area contributed by atoms with E-state index in [0.717, 1.165) is 6.42 Å². The van der Waals surface area contributed by atoms with Crippen LogP contribution in [-0.2, 0) is 23.9 Å². The maximum Gasteiger partial charge on any atom is 0.338 e. The molecule has 3 aliphatic rings. The van der Waals surface area contributed by atoms with Gasteiger partial charge < -0.3 is 19.3 Å². The molecule has 1 saturated heterocycles. The van der Waals surface area contributed by atoms with Crippen LogP contribution in [0.5, 0.6) is 0 Å². The molecular weight excluding hydrogens is 485 g/mol. The molecule has 0 aromatic heterocycles. The Bertz CT molecular complexity index is 1150. The number of amidine groups is 1. The Morgan fingerprint density at radius 1 is 1.25 bits per heavy atom. The van der Waals surface area contributed by atoms with Crippen molar-refractivity contribution in [3.63, 3.8) is 0 Å². The Hall–Kier alpha value is -3.14. The highest BCUT2D eigenvalue weighted by atomic mass is 32.2. The van der Waals surface area contributed by atoms with Gasteiger partial charge in [0, 0.05) is 18.8 Å². The maximum absolute atomic E-state index is 14.3. The van der Waals surface area contributed by atoms with E-state index >= 15 is 0 Å². The van der Waals surface area contributed by atoms with E-state index in [4.69, 9.17) is 9.47 Å². The number of benzene rings is 1. The van der Waals surface area contributed by atoms with Crippen molar-refractivity contribution >= 4 is 34.8 Å². The summed E-state index contributed by atoms with van der Waals surface area (Å²) in [7, 11) is 1.31. The first-order valence-corrected chi connectivity index (χ1v) is 13.0. The first-order valence-electron chi connectivity index (χ1n) is 12.1. The number of aliphatic imine (C=N–C) groups is 1. The second-order valence-electron chi connectivity index (χ2n) is 8.76. The highest BCUT2D eigenvalue weighted by Crippen LogP contribution is 2.45. The van der Waals surface area contributed by atoms with Crippen molar-refractivity contribution in [3.05, 3.63) is 58.0 Å². The van der Waals surface area contributed by atoms with Crippen LogP contribution >= 0.6 is 11.8 Å². The van der Waals surface area contributed by atoms with Crippen LogP contribution in [0, 0.1) is 11.7 Å². The number of methoxy groups -OCH3 is 1. The largest absolute Gasteiger partial charge is 0.466 e. The van der Waals surface area contributed by atoms with Crippen molar-refractivity contribution in [3.8, 4) is 0 Å². The van der Waals surface area contributed by atoms with Crippen molar-refractivity contribution in [2.75, 3.05) is 26.8 Å². The van der Waals surface area contributed by atoms with Gasteiger partial charge in [-0.05, 0) is 49.3 Å². The van der Waals surface area contributed by atoms with E-state index in [2.05, 4.69) is 4.99 Å². The summed E-state index contributed by atoms with van der Waals surface area (Å²) in [5, 5.41) is 2.48. The van der Waals surface area contributed by atoms with E-state index < -0.39 is 17.8 Å². The molecule has 1 aromatic carbocycles. The SMILES string of the molecule is CCOC(=O)[C@H]1CCCN(C(=O)CC2=CSC3=NC(CC)=C(C(=O)OC)[C@H](c4cccc(F)c4)N23)C1. The summed E-state index contributed by atoms with van der Waals surface area (Å²) in [4.78, 5) is 46.7.